The fourth-order valence-electron chi connectivity index (χ4n) is 3.69. The smallest absolute Gasteiger partial charge is 0.315 e. The van der Waals surface area contributed by atoms with Crippen molar-refractivity contribution in [2.24, 2.45) is 4.99 Å². The van der Waals surface area contributed by atoms with Crippen LogP contribution in [0, 0.1) is 5.82 Å². The van der Waals surface area contributed by atoms with Gasteiger partial charge in [-0.25, -0.2) is 12.8 Å². The number of hydrogen-bond donors (Lipinski definition) is 0. The van der Waals surface area contributed by atoms with Crippen molar-refractivity contribution in [3.63, 3.8) is 0 Å². The maximum Gasteiger partial charge on any atom is 0.418 e. The third kappa shape index (κ3) is 4.62. The lowest BCUT2D eigenvalue weighted by atomic mass is 10.1. The van der Waals surface area contributed by atoms with Crippen molar-refractivity contribution in [1.82, 2.24) is 0 Å². The summed E-state index contributed by atoms with van der Waals surface area (Å²) in [5.41, 5.74) is -0.663. The van der Waals surface area contributed by atoms with Crippen LogP contribution < -0.4 is 4.90 Å². The zero-order valence-corrected chi connectivity index (χ0v) is 17.5. The first-order chi connectivity index (χ1) is 14.5. The number of nitrogens with zero attached hydrogens (tertiary/aromatic N) is 2. The highest BCUT2D eigenvalue weighted by Gasteiger charge is 2.51. The molecule has 2 aromatic rings. The Morgan fingerprint density at radius 2 is 1.77 bits per heavy atom. The van der Waals surface area contributed by atoms with Gasteiger partial charge in [-0.1, -0.05) is 36.0 Å². The number of fused-ring (bicyclic) bond motifs is 1. The highest BCUT2D eigenvalue weighted by molar-refractivity contribution is 8.16. The van der Waals surface area contributed by atoms with Crippen molar-refractivity contribution in [1.29, 1.82) is 0 Å². The monoisotopic (exact) mass is 472 g/mol. The summed E-state index contributed by atoms with van der Waals surface area (Å²) < 4.78 is 78.1. The summed E-state index contributed by atoms with van der Waals surface area (Å²) in [6.07, 6.45) is -4.83. The number of carbonyl (C=O) groups is 1. The van der Waals surface area contributed by atoms with Crippen LogP contribution in [0.5, 0.6) is 0 Å². The van der Waals surface area contributed by atoms with Crippen LogP contribution in [0.1, 0.15) is 11.1 Å². The average molecular weight is 472 g/mol. The molecule has 164 valence electrons. The molecule has 1 amide bonds. The normalized spacial score (nSPS) is 23.9. The number of rotatable bonds is 3. The van der Waals surface area contributed by atoms with Gasteiger partial charge in [-0.05, 0) is 29.8 Å². The van der Waals surface area contributed by atoms with Crippen molar-refractivity contribution in [3.05, 3.63) is 65.5 Å². The van der Waals surface area contributed by atoms with Crippen LogP contribution in [0.4, 0.5) is 23.2 Å². The molecule has 0 spiro atoms. The minimum atomic E-state index is -4.67. The van der Waals surface area contributed by atoms with Crippen molar-refractivity contribution < 1.29 is 30.8 Å². The molecule has 2 atom stereocenters. The van der Waals surface area contributed by atoms with E-state index in [1.807, 2.05) is 0 Å². The van der Waals surface area contributed by atoms with E-state index < -0.39 is 44.6 Å². The Kier molecular flexibility index (Phi) is 5.59. The van der Waals surface area contributed by atoms with Crippen LogP contribution in [0.3, 0.4) is 0 Å². The van der Waals surface area contributed by atoms with Crippen LogP contribution in [-0.4, -0.2) is 42.3 Å². The molecule has 0 unspecified atom stereocenters. The predicted octanol–water partition coefficient (Wildman–Crippen LogP) is 3.69. The molecule has 0 saturated carbocycles. The molecule has 0 N–H and O–H groups in total. The molecule has 0 aromatic heterocycles. The van der Waals surface area contributed by atoms with Gasteiger partial charge in [0.2, 0.25) is 0 Å². The zero-order chi connectivity index (χ0) is 22.4. The number of thioether (sulfide) groups is 1. The third-order valence-electron chi connectivity index (χ3n) is 5.02. The molecule has 5 nitrogen and oxygen atoms in total. The van der Waals surface area contributed by atoms with Crippen LogP contribution >= 0.6 is 11.8 Å². The van der Waals surface area contributed by atoms with Gasteiger partial charge < -0.3 is 4.90 Å². The summed E-state index contributed by atoms with van der Waals surface area (Å²) in [7, 11) is -3.42. The first kappa shape index (κ1) is 21.8. The Balaban J connectivity index is 1.71. The van der Waals surface area contributed by atoms with Crippen LogP contribution in [0.2, 0.25) is 0 Å². The molecule has 11 heteroatoms. The Labute approximate surface area is 180 Å². The van der Waals surface area contributed by atoms with Crippen molar-refractivity contribution in [2.45, 2.75) is 23.9 Å². The second kappa shape index (κ2) is 7.94. The minimum absolute atomic E-state index is 0.0358. The molecule has 2 saturated heterocycles. The standard InChI is InChI=1S/C20H16F4N2O3S2/c21-13-7-5-12(6-8-13)9-18(27)25-19-26(16-10-31(28,29)11-17(16)30-19)15-4-2-1-3-14(15)20(22,23)24/h1-8,16-17H,9-11H2/t16-,17-/m1/s1. The van der Waals surface area contributed by atoms with Gasteiger partial charge in [0.05, 0.1) is 35.2 Å². The molecule has 4 rings (SSSR count). The van der Waals surface area contributed by atoms with Crippen LogP contribution in [0.15, 0.2) is 53.5 Å². The van der Waals surface area contributed by atoms with E-state index in [1.165, 1.54) is 47.4 Å². The van der Waals surface area contributed by atoms with Gasteiger partial charge in [-0.3, -0.25) is 4.79 Å². The van der Waals surface area contributed by atoms with Gasteiger partial charge in [-0.2, -0.15) is 18.2 Å². The minimum Gasteiger partial charge on any atom is -0.315 e. The number of aliphatic imine (C=N–C) groups is 1. The van der Waals surface area contributed by atoms with Crippen LogP contribution in [0.25, 0.3) is 0 Å². The first-order valence-electron chi connectivity index (χ1n) is 9.22. The number of carbonyl (C=O) groups excluding carboxylic acids is 1. The van der Waals surface area contributed by atoms with E-state index >= 15 is 0 Å². The molecule has 2 aliphatic rings. The molecular weight excluding hydrogens is 456 g/mol. The number of sulfone groups is 1. The number of alkyl halides is 3. The number of anilines is 1. The maximum absolute atomic E-state index is 13.6. The lowest BCUT2D eigenvalue weighted by Gasteiger charge is -2.27. The molecular formula is C20H16F4N2O3S2. The maximum atomic E-state index is 13.6. The van der Waals surface area contributed by atoms with Crippen molar-refractivity contribution in [2.75, 3.05) is 16.4 Å². The molecule has 0 radical (unpaired) electrons. The average Bonchev–Trinajstić information content (AvgIpc) is 3.13. The number of para-hydroxylation sites is 1. The highest BCUT2D eigenvalue weighted by atomic mass is 32.2. The van der Waals surface area contributed by atoms with E-state index in [1.54, 1.807) is 0 Å². The van der Waals surface area contributed by atoms with Gasteiger partial charge >= 0.3 is 6.18 Å². The molecule has 2 aromatic carbocycles. The lowest BCUT2D eigenvalue weighted by Crippen LogP contribution is -2.39. The van der Waals surface area contributed by atoms with E-state index in [-0.39, 0.29) is 28.8 Å². The Bertz CT molecular complexity index is 1150. The van der Waals surface area contributed by atoms with Crippen molar-refractivity contribution >= 4 is 38.4 Å². The number of amides is 1. The lowest BCUT2D eigenvalue weighted by molar-refractivity contribution is -0.137. The van der Waals surface area contributed by atoms with E-state index in [4.69, 9.17) is 0 Å². The summed E-state index contributed by atoms with van der Waals surface area (Å²) in [5.74, 6) is -1.59. The Hall–Kier alpha value is -2.40. The second-order valence-electron chi connectivity index (χ2n) is 7.28. The van der Waals surface area contributed by atoms with Gasteiger partial charge in [0.25, 0.3) is 5.91 Å². The highest BCUT2D eigenvalue weighted by Crippen LogP contribution is 2.45. The molecule has 0 bridgehead atoms. The molecule has 2 heterocycles. The van der Waals surface area contributed by atoms with Gasteiger partial charge in [-0.15, -0.1) is 0 Å². The molecule has 2 fully saturated rings. The molecule has 2 aliphatic heterocycles. The summed E-state index contributed by atoms with van der Waals surface area (Å²) in [6.45, 7) is 0. The SMILES string of the molecule is O=C(Cc1ccc(F)cc1)N=C1S[C@@H]2CS(=O)(=O)C[C@H]2N1c1ccccc1C(F)(F)F. The second-order valence-corrected chi connectivity index (χ2v) is 10.6. The van der Waals surface area contributed by atoms with E-state index in [9.17, 15) is 30.8 Å². The summed E-state index contributed by atoms with van der Waals surface area (Å²) in [6, 6.07) is 9.31. The Morgan fingerprint density at radius 1 is 1.10 bits per heavy atom. The fourth-order valence-corrected chi connectivity index (χ4v) is 7.62. The summed E-state index contributed by atoms with van der Waals surface area (Å²) in [5, 5.41) is -0.489. The fraction of sp³-hybridized carbons (Fsp3) is 0.300. The third-order valence-corrected chi connectivity index (χ3v) is 8.23. The first-order valence-corrected chi connectivity index (χ1v) is 11.9. The summed E-state index contributed by atoms with van der Waals surface area (Å²) >= 11 is 0.996. The van der Waals surface area contributed by atoms with Gasteiger partial charge in [0, 0.05) is 5.25 Å². The van der Waals surface area contributed by atoms with E-state index in [0.29, 0.717) is 5.56 Å². The Morgan fingerprint density at radius 3 is 2.45 bits per heavy atom. The van der Waals surface area contributed by atoms with E-state index in [2.05, 4.69) is 4.99 Å². The topological polar surface area (TPSA) is 66.8 Å². The van der Waals surface area contributed by atoms with Gasteiger partial charge in [0.1, 0.15) is 5.82 Å². The van der Waals surface area contributed by atoms with Gasteiger partial charge in [0.15, 0.2) is 15.0 Å². The largest absolute Gasteiger partial charge is 0.418 e. The number of hydrogen-bond acceptors (Lipinski definition) is 4. The number of halogens is 4. The van der Waals surface area contributed by atoms with Crippen LogP contribution in [-0.2, 0) is 27.2 Å². The molecule has 31 heavy (non-hydrogen) atoms. The number of amidine groups is 1. The predicted molar refractivity (Wildman–Crippen MR) is 110 cm³/mol. The summed E-state index contributed by atoms with van der Waals surface area (Å²) in [4.78, 5) is 17.7. The quantitative estimate of drug-likeness (QED) is 0.638. The molecule has 0 aliphatic carbocycles. The van der Waals surface area contributed by atoms with Crippen molar-refractivity contribution in [3.8, 4) is 0 Å². The zero-order valence-electron chi connectivity index (χ0n) is 15.8. The van der Waals surface area contributed by atoms with E-state index in [0.717, 1.165) is 17.8 Å². The number of benzene rings is 2.